The molecule has 2 aromatic rings. The molecule has 1 atom stereocenters. The number of fused-ring (bicyclic) bond motifs is 1. The van der Waals surface area contributed by atoms with Gasteiger partial charge in [-0.3, -0.25) is 9.69 Å². The van der Waals surface area contributed by atoms with Gasteiger partial charge in [0.15, 0.2) is 0 Å². The minimum absolute atomic E-state index is 0.100. The van der Waals surface area contributed by atoms with Gasteiger partial charge in [0, 0.05) is 44.7 Å². The largest absolute Gasteiger partial charge is 0.376 e. The van der Waals surface area contributed by atoms with Crippen LogP contribution in [0.4, 0.5) is 5.82 Å². The van der Waals surface area contributed by atoms with E-state index < -0.39 is 0 Å². The number of nitrogens with one attached hydrogen (secondary N) is 1. The summed E-state index contributed by atoms with van der Waals surface area (Å²) in [6, 6.07) is 8.37. The lowest BCUT2D eigenvalue weighted by Crippen LogP contribution is -2.50. The molecule has 4 rings (SSSR count). The molecular formula is C18H24N4O2S. The molecule has 1 N–H and O–H groups in total. The summed E-state index contributed by atoms with van der Waals surface area (Å²) < 4.78 is 11.4. The van der Waals surface area contributed by atoms with E-state index in [4.69, 9.17) is 4.74 Å². The fourth-order valence-corrected chi connectivity index (χ4v) is 4.31. The molecule has 1 unspecified atom stereocenters. The quantitative estimate of drug-likeness (QED) is 0.880. The summed E-state index contributed by atoms with van der Waals surface area (Å²) in [5, 5.41) is 4.24. The molecular weight excluding hydrogens is 336 g/mol. The van der Waals surface area contributed by atoms with E-state index >= 15 is 0 Å². The number of aromatic nitrogens is 1. The molecule has 0 spiro atoms. The number of rotatable bonds is 5. The first-order valence-electron chi connectivity index (χ1n) is 8.99. The molecule has 7 heteroatoms. The lowest BCUT2D eigenvalue weighted by Gasteiger charge is -2.34. The Kier molecular flexibility index (Phi) is 5.14. The van der Waals surface area contributed by atoms with Crippen molar-refractivity contribution in [3.05, 3.63) is 24.3 Å². The van der Waals surface area contributed by atoms with E-state index in [1.54, 1.807) is 11.5 Å². The Morgan fingerprint density at radius 2 is 2.12 bits per heavy atom. The molecule has 6 nitrogen and oxygen atoms in total. The molecule has 2 aliphatic heterocycles. The Hall–Kier alpha value is -1.70. The fourth-order valence-electron chi connectivity index (χ4n) is 3.51. The van der Waals surface area contributed by atoms with E-state index in [2.05, 4.69) is 43.8 Å². The molecule has 2 saturated heterocycles. The van der Waals surface area contributed by atoms with Crippen molar-refractivity contribution >= 4 is 33.3 Å². The third-order valence-electron chi connectivity index (χ3n) is 4.95. The van der Waals surface area contributed by atoms with E-state index in [-0.39, 0.29) is 12.0 Å². The highest BCUT2D eigenvalue weighted by molar-refractivity contribution is 7.13. The van der Waals surface area contributed by atoms with Crippen LogP contribution in [-0.2, 0) is 9.53 Å². The summed E-state index contributed by atoms with van der Waals surface area (Å²) in [7, 11) is 0. The van der Waals surface area contributed by atoms with Crippen molar-refractivity contribution < 1.29 is 9.53 Å². The summed E-state index contributed by atoms with van der Waals surface area (Å²) in [6.07, 6.45) is 2.37. The number of ether oxygens (including phenoxy) is 1. The number of nitrogens with zero attached hydrogens (tertiary/aromatic N) is 3. The molecule has 0 bridgehead atoms. The van der Waals surface area contributed by atoms with Crippen LogP contribution >= 0.6 is 11.5 Å². The van der Waals surface area contributed by atoms with Crippen LogP contribution in [0.2, 0.25) is 0 Å². The van der Waals surface area contributed by atoms with Crippen molar-refractivity contribution in [1.29, 1.82) is 0 Å². The van der Waals surface area contributed by atoms with Gasteiger partial charge >= 0.3 is 0 Å². The summed E-state index contributed by atoms with van der Waals surface area (Å²) in [6.45, 7) is 5.54. The molecule has 1 aromatic heterocycles. The predicted octanol–water partition coefficient (Wildman–Crippen LogP) is 1.71. The van der Waals surface area contributed by atoms with Gasteiger partial charge in [-0.1, -0.05) is 12.1 Å². The van der Waals surface area contributed by atoms with Crippen molar-refractivity contribution in [3.63, 3.8) is 0 Å². The highest BCUT2D eigenvalue weighted by atomic mass is 32.1. The van der Waals surface area contributed by atoms with Gasteiger partial charge in [0.25, 0.3) is 0 Å². The molecule has 134 valence electrons. The maximum absolute atomic E-state index is 12.1. The van der Waals surface area contributed by atoms with Crippen molar-refractivity contribution in [2.45, 2.75) is 18.9 Å². The number of carbonyl (C=O) groups is 1. The number of hydrogen-bond acceptors (Lipinski definition) is 6. The minimum Gasteiger partial charge on any atom is -0.376 e. The van der Waals surface area contributed by atoms with Gasteiger partial charge in [0.1, 0.15) is 5.82 Å². The fraction of sp³-hybridized carbons (Fsp3) is 0.556. The van der Waals surface area contributed by atoms with Crippen LogP contribution in [0.15, 0.2) is 24.3 Å². The van der Waals surface area contributed by atoms with Gasteiger partial charge in [-0.15, -0.1) is 0 Å². The lowest BCUT2D eigenvalue weighted by atomic mass is 10.2. The lowest BCUT2D eigenvalue weighted by molar-refractivity contribution is -0.122. The van der Waals surface area contributed by atoms with Gasteiger partial charge < -0.3 is 15.0 Å². The zero-order chi connectivity index (χ0) is 17.1. The number of anilines is 1. The van der Waals surface area contributed by atoms with Crippen LogP contribution in [-0.4, -0.2) is 67.2 Å². The van der Waals surface area contributed by atoms with Crippen LogP contribution in [0.3, 0.4) is 0 Å². The number of carbonyl (C=O) groups excluding carboxylic acids is 1. The van der Waals surface area contributed by atoms with Crippen LogP contribution < -0.4 is 10.2 Å². The normalized spacial score (nSPS) is 21.8. The maximum atomic E-state index is 12.1. The number of hydrogen-bond donors (Lipinski definition) is 1. The molecule has 3 heterocycles. The summed E-state index contributed by atoms with van der Waals surface area (Å²) in [5.74, 6) is 1.19. The van der Waals surface area contributed by atoms with E-state index in [9.17, 15) is 4.79 Å². The smallest absolute Gasteiger partial charge is 0.234 e. The topological polar surface area (TPSA) is 57.7 Å². The zero-order valence-electron chi connectivity index (χ0n) is 14.3. The third kappa shape index (κ3) is 3.94. The highest BCUT2D eigenvalue weighted by Crippen LogP contribution is 2.29. The van der Waals surface area contributed by atoms with Crippen molar-refractivity contribution in [1.82, 2.24) is 14.6 Å². The zero-order valence-corrected chi connectivity index (χ0v) is 15.1. The van der Waals surface area contributed by atoms with E-state index in [1.165, 1.54) is 10.1 Å². The Morgan fingerprint density at radius 1 is 1.28 bits per heavy atom. The molecule has 0 saturated carbocycles. The maximum Gasteiger partial charge on any atom is 0.234 e. The molecule has 2 fully saturated rings. The number of benzene rings is 1. The van der Waals surface area contributed by atoms with Gasteiger partial charge in [-0.05, 0) is 36.5 Å². The standard InChI is InChI=1S/C18H24N4O2S/c23-17(19-12-14-4-3-11-24-14)13-21-7-9-22(10-8-21)18-15-5-1-2-6-16(15)25-20-18/h1-2,5-6,14H,3-4,7-13H2,(H,19,23). The van der Waals surface area contributed by atoms with Gasteiger partial charge in [-0.25, -0.2) is 0 Å². The predicted molar refractivity (Wildman–Crippen MR) is 100 cm³/mol. The summed E-state index contributed by atoms with van der Waals surface area (Å²) in [4.78, 5) is 16.7. The number of amides is 1. The van der Waals surface area contributed by atoms with Crippen molar-refractivity contribution in [3.8, 4) is 0 Å². The molecule has 1 amide bonds. The second-order valence-electron chi connectivity index (χ2n) is 6.70. The van der Waals surface area contributed by atoms with Gasteiger partial charge in [0.05, 0.1) is 17.3 Å². The highest BCUT2D eigenvalue weighted by Gasteiger charge is 2.22. The van der Waals surface area contributed by atoms with Crippen LogP contribution in [0.25, 0.3) is 10.1 Å². The Balaban J connectivity index is 1.26. The SMILES string of the molecule is O=C(CN1CCN(c2nsc3ccccc23)CC1)NCC1CCCO1. The Morgan fingerprint density at radius 3 is 2.92 bits per heavy atom. The van der Waals surface area contributed by atoms with Crippen molar-refractivity contribution in [2.75, 3.05) is 50.8 Å². The van der Waals surface area contributed by atoms with Crippen LogP contribution in [0.5, 0.6) is 0 Å². The van der Waals surface area contributed by atoms with E-state index in [0.29, 0.717) is 13.1 Å². The van der Waals surface area contributed by atoms with Crippen LogP contribution in [0, 0.1) is 0 Å². The molecule has 25 heavy (non-hydrogen) atoms. The molecule has 0 aliphatic carbocycles. The molecule has 0 radical (unpaired) electrons. The third-order valence-corrected chi connectivity index (χ3v) is 5.77. The second-order valence-corrected chi connectivity index (χ2v) is 7.51. The van der Waals surface area contributed by atoms with Gasteiger partial charge in [0.2, 0.25) is 5.91 Å². The van der Waals surface area contributed by atoms with Gasteiger partial charge in [-0.2, -0.15) is 4.37 Å². The first kappa shape index (κ1) is 16.8. The Labute approximate surface area is 151 Å². The Bertz CT molecular complexity index is 721. The average molecular weight is 360 g/mol. The van der Waals surface area contributed by atoms with Crippen LogP contribution in [0.1, 0.15) is 12.8 Å². The summed E-state index contributed by atoms with van der Waals surface area (Å²) in [5.41, 5.74) is 0. The first-order chi connectivity index (χ1) is 12.3. The second kappa shape index (κ2) is 7.68. The molecule has 2 aliphatic rings. The average Bonchev–Trinajstić information content (AvgIpc) is 3.30. The first-order valence-corrected chi connectivity index (χ1v) is 9.77. The number of piperazine rings is 1. The summed E-state index contributed by atoms with van der Waals surface area (Å²) >= 11 is 1.56. The minimum atomic E-state index is 0.100. The van der Waals surface area contributed by atoms with E-state index in [1.807, 2.05) is 0 Å². The van der Waals surface area contributed by atoms with Crippen molar-refractivity contribution in [2.24, 2.45) is 0 Å². The monoisotopic (exact) mass is 360 g/mol. The molecule has 1 aromatic carbocycles. The van der Waals surface area contributed by atoms with E-state index in [0.717, 1.165) is 51.4 Å².